The maximum absolute atomic E-state index is 13.4. The molecule has 102 valence electrons. The summed E-state index contributed by atoms with van der Waals surface area (Å²) in [5.74, 6) is -0.227. The number of hydrogen-bond acceptors (Lipinski definition) is 4. The first kappa shape index (κ1) is 14.6. The molecule has 2 aromatic rings. The molecule has 1 aromatic heterocycles. The summed E-state index contributed by atoms with van der Waals surface area (Å²) in [4.78, 5) is 0. The van der Waals surface area contributed by atoms with E-state index >= 15 is 0 Å². The second kappa shape index (κ2) is 7.07. The molecule has 0 bridgehead atoms. The number of aromatic nitrogens is 2. The molecule has 6 heteroatoms. The summed E-state index contributed by atoms with van der Waals surface area (Å²) in [5.41, 5.74) is 1.85. The van der Waals surface area contributed by atoms with Crippen molar-refractivity contribution >= 4 is 27.5 Å². The highest BCUT2D eigenvalue weighted by Gasteiger charge is 2.15. The predicted octanol–water partition coefficient (Wildman–Crippen LogP) is 3.72. The maximum Gasteiger partial charge on any atom is 0.124 e. The first-order chi connectivity index (χ1) is 9.19. The lowest BCUT2D eigenvalue weighted by atomic mass is 10.0. The molecule has 2 rings (SSSR count). The van der Waals surface area contributed by atoms with Crippen LogP contribution in [0.1, 0.15) is 30.6 Å². The number of rotatable bonds is 6. The van der Waals surface area contributed by atoms with Gasteiger partial charge in [-0.3, -0.25) is 0 Å². The van der Waals surface area contributed by atoms with E-state index in [-0.39, 0.29) is 11.9 Å². The van der Waals surface area contributed by atoms with Crippen molar-refractivity contribution in [2.24, 2.45) is 0 Å². The van der Waals surface area contributed by atoms with Crippen LogP contribution in [0, 0.1) is 5.82 Å². The Morgan fingerprint density at radius 2 is 2.26 bits per heavy atom. The van der Waals surface area contributed by atoms with Crippen molar-refractivity contribution in [3.8, 4) is 0 Å². The summed E-state index contributed by atoms with van der Waals surface area (Å²) in [5, 5.41) is 9.47. The van der Waals surface area contributed by atoms with Gasteiger partial charge >= 0.3 is 0 Å². The molecule has 1 N–H and O–H groups in total. The summed E-state index contributed by atoms with van der Waals surface area (Å²) in [7, 11) is 0. The lowest BCUT2D eigenvalue weighted by Gasteiger charge is -2.16. The molecule has 19 heavy (non-hydrogen) atoms. The first-order valence-corrected chi connectivity index (χ1v) is 7.77. The highest BCUT2D eigenvalue weighted by molar-refractivity contribution is 9.10. The van der Waals surface area contributed by atoms with Gasteiger partial charge in [-0.25, -0.2) is 4.39 Å². The zero-order valence-corrected chi connectivity index (χ0v) is 13.0. The van der Waals surface area contributed by atoms with Gasteiger partial charge in [-0.15, -0.1) is 5.10 Å². The Kier molecular flexibility index (Phi) is 5.42. The highest BCUT2D eigenvalue weighted by atomic mass is 79.9. The number of nitrogens with zero attached hydrogens (tertiary/aromatic N) is 2. The van der Waals surface area contributed by atoms with Crippen LogP contribution in [0.15, 0.2) is 28.1 Å². The molecule has 3 nitrogen and oxygen atoms in total. The molecule has 0 spiro atoms. The molecule has 1 aromatic carbocycles. The van der Waals surface area contributed by atoms with Gasteiger partial charge in [-0.1, -0.05) is 27.3 Å². The van der Waals surface area contributed by atoms with Crippen molar-refractivity contribution in [1.29, 1.82) is 0 Å². The monoisotopic (exact) mass is 343 g/mol. The van der Waals surface area contributed by atoms with Crippen molar-refractivity contribution in [3.05, 3.63) is 45.1 Å². The van der Waals surface area contributed by atoms with E-state index in [0.29, 0.717) is 6.42 Å². The SMILES string of the molecule is CCCNC(Cc1cc(F)cc(Br)c1)c1csnn1. The van der Waals surface area contributed by atoms with Gasteiger partial charge in [-0.2, -0.15) is 0 Å². The standard InChI is InChI=1S/C13H15BrFN3S/c1-2-3-16-12(13-8-19-18-17-13)6-9-4-10(14)7-11(15)5-9/h4-5,7-8,12,16H,2-3,6H2,1H3. The van der Waals surface area contributed by atoms with Crippen LogP contribution < -0.4 is 5.32 Å². The summed E-state index contributed by atoms with van der Waals surface area (Å²) in [6, 6.07) is 5.03. The van der Waals surface area contributed by atoms with Crippen molar-refractivity contribution in [2.75, 3.05) is 6.54 Å². The molecule has 0 aliphatic heterocycles. The Morgan fingerprint density at radius 3 is 2.89 bits per heavy atom. The molecule has 0 saturated carbocycles. The minimum Gasteiger partial charge on any atom is -0.308 e. The summed E-state index contributed by atoms with van der Waals surface area (Å²) >= 11 is 4.65. The van der Waals surface area contributed by atoms with E-state index in [2.05, 4.69) is 37.8 Å². The van der Waals surface area contributed by atoms with Crippen LogP contribution in [0.5, 0.6) is 0 Å². The highest BCUT2D eigenvalue weighted by Crippen LogP contribution is 2.21. The Balaban J connectivity index is 2.15. The number of nitrogens with one attached hydrogen (secondary N) is 1. The quantitative estimate of drug-likeness (QED) is 0.868. The minimum atomic E-state index is -0.227. The third-order valence-corrected chi connectivity index (χ3v) is 3.72. The Labute approximate surface area is 124 Å². The first-order valence-electron chi connectivity index (χ1n) is 6.14. The van der Waals surface area contributed by atoms with Crippen LogP contribution in [0.3, 0.4) is 0 Å². The summed E-state index contributed by atoms with van der Waals surface area (Å²) in [6.45, 7) is 3.01. The van der Waals surface area contributed by atoms with Gasteiger partial charge in [0.05, 0.1) is 11.7 Å². The van der Waals surface area contributed by atoms with E-state index in [1.54, 1.807) is 6.07 Å². The van der Waals surface area contributed by atoms with E-state index in [1.165, 1.54) is 17.6 Å². The maximum atomic E-state index is 13.4. The van der Waals surface area contributed by atoms with Gasteiger partial charge < -0.3 is 5.32 Å². The fourth-order valence-electron chi connectivity index (χ4n) is 1.89. The smallest absolute Gasteiger partial charge is 0.124 e. The van der Waals surface area contributed by atoms with E-state index in [0.717, 1.165) is 28.7 Å². The molecule has 1 heterocycles. The molecule has 0 radical (unpaired) electrons. The Bertz CT molecular complexity index is 498. The van der Waals surface area contributed by atoms with Crippen LogP contribution in [0.2, 0.25) is 0 Å². The molecule has 1 atom stereocenters. The summed E-state index contributed by atoms with van der Waals surface area (Å²) < 4.78 is 18.1. The van der Waals surface area contributed by atoms with Crippen molar-refractivity contribution < 1.29 is 4.39 Å². The van der Waals surface area contributed by atoms with Crippen LogP contribution in [0.4, 0.5) is 4.39 Å². The van der Waals surface area contributed by atoms with Gasteiger partial charge in [0.25, 0.3) is 0 Å². The minimum absolute atomic E-state index is 0.0763. The molecule has 0 aliphatic rings. The summed E-state index contributed by atoms with van der Waals surface area (Å²) in [6.07, 6.45) is 1.74. The van der Waals surface area contributed by atoms with Crippen LogP contribution in [-0.4, -0.2) is 16.1 Å². The lowest BCUT2D eigenvalue weighted by Crippen LogP contribution is -2.24. The molecule has 0 aliphatic carbocycles. The largest absolute Gasteiger partial charge is 0.308 e. The molecule has 0 amide bonds. The Morgan fingerprint density at radius 1 is 1.42 bits per heavy atom. The zero-order chi connectivity index (χ0) is 13.7. The molecule has 0 saturated heterocycles. The molecule has 1 unspecified atom stereocenters. The van der Waals surface area contributed by atoms with Gasteiger partial charge in [0, 0.05) is 9.85 Å². The number of halogens is 2. The Hall–Kier alpha value is -0.850. The van der Waals surface area contributed by atoms with Crippen molar-refractivity contribution in [2.45, 2.75) is 25.8 Å². The third-order valence-electron chi connectivity index (χ3n) is 2.74. The van der Waals surface area contributed by atoms with Crippen molar-refractivity contribution in [3.63, 3.8) is 0 Å². The fourth-order valence-corrected chi connectivity index (χ4v) is 2.91. The van der Waals surface area contributed by atoms with Crippen LogP contribution in [0.25, 0.3) is 0 Å². The lowest BCUT2D eigenvalue weighted by molar-refractivity contribution is 0.515. The third kappa shape index (κ3) is 4.33. The van der Waals surface area contributed by atoms with E-state index in [4.69, 9.17) is 0 Å². The van der Waals surface area contributed by atoms with Crippen LogP contribution in [-0.2, 0) is 6.42 Å². The van der Waals surface area contributed by atoms with Crippen LogP contribution >= 0.6 is 27.5 Å². The number of hydrogen-bond donors (Lipinski definition) is 1. The molecule has 0 fully saturated rings. The molecular weight excluding hydrogens is 329 g/mol. The van der Waals surface area contributed by atoms with E-state index in [9.17, 15) is 4.39 Å². The van der Waals surface area contributed by atoms with Gasteiger partial charge in [-0.05, 0) is 54.7 Å². The second-order valence-electron chi connectivity index (χ2n) is 4.32. The average molecular weight is 344 g/mol. The topological polar surface area (TPSA) is 37.8 Å². The second-order valence-corrected chi connectivity index (χ2v) is 5.84. The van der Waals surface area contributed by atoms with Gasteiger partial charge in [0.1, 0.15) is 5.82 Å². The van der Waals surface area contributed by atoms with Crippen molar-refractivity contribution in [1.82, 2.24) is 14.9 Å². The van der Waals surface area contributed by atoms with E-state index in [1.807, 2.05) is 11.4 Å². The number of benzene rings is 1. The predicted molar refractivity (Wildman–Crippen MR) is 78.7 cm³/mol. The average Bonchev–Trinajstić information content (AvgIpc) is 2.87. The molecular formula is C13H15BrFN3S. The zero-order valence-electron chi connectivity index (χ0n) is 10.6. The van der Waals surface area contributed by atoms with Gasteiger partial charge in [0.15, 0.2) is 0 Å². The van der Waals surface area contributed by atoms with Gasteiger partial charge in [0.2, 0.25) is 0 Å². The normalized spacial score (nSPS) is 12.6. The van der Waals surface area contributed by atoms with E-state index < -0.39 is 0 Å². The fraction of sp³-hybridized carbons (Fsp3) is 0.385.